The maximum atomic E-state index is 11.3. The zero-order valence-electron chi connectivity index (χ0n) is 12.3. The van der Waals surface area contributed by atoms with Gasteiger partial charge in [-0.1, -0.05) is 18.2 Å². The Balaban J connectivity index is 2.26. The van der Waals surface area contributed by atoms with E-state index in [9.17, 15) is 14.9 Å². The number of rotatable bonds is 5. The second-order valence-corrected chi connectivity index (χ2v) is 4.86. The number of methoxy groups -OCH3 is 1. The fourth-order valence-electron chi connectivity index (χ4n) is 2.05. The number of anilines is 2. The van der Waals surface area contributed by atoms with E-state index >= 15 is 0 Å². The Labute approximate surface area is 127 Å². The van der Waals surface area contributed by atoms with Crippen LogP contribution in [0.2, 0.25) is 0 Å². The molecule has 0 spiro atoms. The van der Waals surface area contributed by atoms with Gasteiger partial charge in [0.05, 0.1) is 18.5 Å². The van der Waals surface area contributed by atoms with E-state index in [1.807, 2.05) is 0 Å². The third-order valence-corrected chi connectivity index (χ3v) is 3.13. The molecule has 22 heavy (non-hydrogen) atoms. The van der Waals surface area contributed by atoms with Gasteiger partial charge in [-0.15, -0.1) is 0 Å². The van der Waals surface area contributed by atoms with Crippen LogP contribution in [0.4, 0.5) is 17.1 Å². The van der Waals surface area contributed by atoms with Crippen molar-refractivity contribution in [3.05, 3.63) is 63.7 Å². The number of nitro groups is 1. The second-order valence-electron chi connectivity index (χ2n) is 4.86. The molecule has 2 aromatic rings. The molecule has 0 saturated heterocycles. The number of esters is 1. The van der Waals surface area contributed by atoms with E-state index in [4.69, 9.17) is 0 Å². The van der Waals surface area contributed by atoms with Crippen molar-refractivity contribution in [3.8, 4) is 0 Å². The van der Waals surface area contributed by atoms with Crippen LogP contribution in [0, 0.1) is 17.0 Å². The van der Waals surface area contributed by atoms with Gasteiger partial charge in [-0.3, -0.25) is 14.9 Å². The zero-order chi connectivity index (χ0) is 16.1. The molecule has 1 N–H and O–H groups in total. The summed E-state index contributed by atoms with van der Waals surface area (Å²) >= 11 is 0. The molecule has 0 amide bonds. The van der Waals surface area contributed by atoms with E-state index in [1.54, 1.807) is 43.3 Å². The first-order valence-corrected chi connectivity index (χ1v) is 6.67. The topological polar surface area (TPSA) is 81.5 Å². The highest BCUT2D eigenvalue weighted by molar-refractivity contribution is 5.74. The molecular weight excluding hydrogens is 284 g/mol. The smallest absolute Gasteiger partial charge is 0.309 e. The van der Waals surface area contributed by atoms with Crippen molar-refractivity contribution in [2.45, 2.75) is 13.3 Å². The van der Waals surface area contributed by atoms with Gasteiger partial charge in [-0.25, -0.2) is 0 Å². The van der Waals surface area contributed by atoms with E-state index in [1.165, 1.54) is 13.2 Å². The van der Waals surface area contributed by atoms with Crippen LogP contribution in [-0.2, 0) is 16.0 Å². The number of hydrogen-bond donors (Lipinski definition) is 1. The number of nitrogens with zero attached hydrogens (tertiary/aromatic N) is 1. The summed E-state index contributed by atoms with van der Waals surface area (Å²) in [7, 11) is 1.33. The lowest BCUT2D eigenvalue weighted by molar-refractivity contribution is -0.384. The molecule has 0 atom stereocenters. The molecule has 0 aliphatic carbocycles. The lowest BCUT2D eigenvalue weighted by atomic mass is 10.1. The van der Waals surface area contributed by atoms with Crippen molar-refractivity contribution < 1.29 is 14.5 Å². The van der Waals surface area contributed by atoms with Crippen LogP contribution in [-0.4, -0.2) is 18.0 Å². The first-order valence-electron chi connectivity index (χ1n) is 6.67. The Hall–Kier alpha value is -2.89. The van der Waals surface area contributed by atoms with Gasteiger partial charge in [-0.05, 0) is 36.2 Å². The minimum absolute atomic E-state index is 0.0124. The van der Waals surface area contributed by atoms with Crippen LogP contribution in [0.1, 0.15) is 11.1 Å². The van der Waals surface area contributed by atoms with E-state index in [0.29, 0.717) is 11.4 Å². The van der Waals surface area contributed by atoms with Crippen LogP contribution in [0.3, 0.4) is 0 Å². The molecule has 0 saturated carbocycles. The maximum Gasteiger partial charge on any atom is 0.309 e. The summed E-state index contributed by atoms with van der Waals surface area (Å²) in [5.74, 6) is -0.335. The lowest BCUT2D eigenvalue weighted by Crippen LogP contribution is -2.04. The van der Waals surface area contributed by atoms with Crippen molar-refractivity contribution in [2.24, 2.45) is 0 Å². The second kappa shape index (κ2) is 6.71. The number of hydrogen-bond acceptors (Lipinski definition) is 5. The van der Waals surface area contributed by atoms with Crippen LogP contribution in [0.5, 0.6) is 0 Å². The first kappa shape index (κ1) is 15.5. The summed E-state index contributed by atoms with van der Waals surface area (Å²) in [4.78, 5) is 22.0. The molecule has 2 rings (SSSR count). The van der Waals surface area contributed by atoms with Crippen molar-refractivity contribution in [1.29, 1.82) is 0 Å². The third-order valence-electron chi connectivity index (χ3n) is 3.13. The van der Waals surface area contributed by atoms with Gasteiger partial charge < -0.3 is 10.1 Å². The Morgan fingerprint density at radius 2 is 2.05 bits per heavy atom. The van der Waals surface area contributed by atoms with Crippen LogP contribution >= 0.6 is 0 Å². The summed E-state index contributed by atoms with van der Waals surface area (Å²) in [6.07, 6.45) is 0.155. The molecule has 0 unspecified atom stereocenters. The highest BCUT2D eigenvalue weighted by Crippen LogP contribution is 2.28. The number of aryl methyl sites for hydroxylation is 1. The largest absolute Gasteiger partial charge is 0.469 e. The maximum absolute atomic E-state index is 11.3. The van der Waals surface area contributed by atoms with Crippen LogP contribution in [0.25, 0.3) is 0 Å². The van der Waals surface area contributed by atoms with Gasteiger partial charge in [-0.2, -0.15) is 0 Å². The number of benzene rings is 2. The molecule has 0 aliphatic rings. The summed E-state index contributed by atoms with van der Waals surface area (Å²) < 4.78 is 4.63. The van der Waals surface area contributed by atoms with Gasteiger partial charge in [0.1, 0.15) is 5.69 Å². The minimum Gasteiger partial charge on any atom is -0.469 e. The van der Waals surface area contributed by atoms with E-state index in [-0.39, 0.29) is 18.1 Å². The van der Waals surface area contributed by atoms with Crippen LogP contribution in [0.15, 0.2) is 42.5 Å². The Morgan fingerprint density at radius 1 is 1.27 bits per heavy atom. The molecular formula is C16H16N2O4. The SMILES string of the molecule is COC(=O)Cc1cccc(Nc2ccc(C)cc2[N+](=O)[O-])c1. The molecule has 6 nitrogen and oxygen atoms in total. The molecule has 0 fully saturated rings. The molecule has 0 bridgehead atoms. The van der Waals surface area contributed by atoms with Gasteiger partial charge in [0, 0.05) is 11.8 Å². The average molecular weight is 300 g/mol. The number of carbonyl (C=O) groups excluding carboxylic acids is 1. The Kier molecular flexibility index (Phi) is 4.73. The summed E-state index contributed by atoms with van der Waals surface area (Å²) in [6, 6.07) is 12.1. The van der Waals surface area contributed by atoms with Gasteiger partial charge in [0.2, 0.25) is 0 Å². The predicted octanol–water partition coefficient (Wildman–Crippen LogP) is 3.36. The number of nitro benzene ring substituents is 1. The Morgan fingerprint density at radius 3 is 2.73 bits per heavy atom. The molecule has 2 aromatic carbocycles. The molecule has 0 radical (unpaired) electrons. The molecule has 0 heterocycles. The lowest BCUT2D eigenvalue weighted by Gasteiger charge is -2.09. The third kappa shape index (κ3) is 3.82. The van der Waals surface area contributed by atoms with Crippen molar-refractivity contribution >= 4 is 23.0 Å². The summed E-state index contributed by atoms with van der Waals surface area (Å²) in [6.45, 7) is 1.80. The van der Waals surface area contributed by atoms with E-state index in [0.717, 1.165) is 11.1 Å². The number of carbonyl (C=O) groups is 1. The summed E-state index contributed by atoms with van der Waals surface area (Å²) in [5.41, 5.74) is 2.68. The zero-order valence-corrected chi connectivity index (χ0v) is 12.3. The van der Waals surface area contributed by atoms with Gasteiger partial charge in [0.25, 0.3) is 5.69 Å². The molecule has 114 valence electrons. The first-order chi connectivity index (χ1) is 10.5. The number of ether oxygens (including phenoxy) is 1. The molecule has 0 aromatic heterocycles. The van der Waals surface area contributed by atoms with Crippen LogP contribution < -0.4 is 5.32 Å². The van der Waals surface area contributed by atoms with Gasteiger partial charge in [0.15, 0.2) is 0 Å². The monoisotopic (exact) mass is 300 g/mol. The molecule has 6 heteroatoms. The highest BCUT2D eigenvalue weighted by atomic mass is 16.6. The average Bonchev–Trinajstić information content (AvgIpc) is 2.49. The fraction of sp³-hybridized carbons (Fsp3) is 0.188. The van der Waals surface area contributed by atoms with E-state index in [2.05, 4.69) is 10.1 Å². The number of nitrogens with one attached hydrogen (secondary N) is 1. The summed E-state index contributed by atoms with van der Waals surface area (Å²) in [5, 5.41) is 14.1. The van der Waals surface area contributed by atoms with Crippen molar-refractivity contribution in [2.75, 3.05) is 12.4 Å². The van der Waals surface area contributed by atoms with E-state index < -0.39 is 4.92 Å². The quantitative estimate of drug-likeness (QED) is 0.520. The normalized spacial score (nSPS) is 10.1. The predicted molar refractivity (Wildman–Crippen MR) is 83.3 cm³/mol. The van der Waals surface area contributed by atoms with Gasteiger partial charge >= 0.3 is 5.97 Å². The standard InChI is InChI=1S/C16H16N2O4/c1-11-6-7-14(15(8-11)18(20)21)17-13-5-3-4-12(9-13)10-16(19)22-2/h3-9,17H,10H2,1-2H3. The van der Waals surface area contributed by atoms with Crippen molar-refractivity contribution in [3.63, 3.8) is 0 Å². The highest BCUT2D eigenvalue weighted by Gasteiger charge is 2.14. The fourth-order valence-corrected chi connectivity index (χ4v) is 2.05. The van der Waals surface area contributed by atoms with Crippen molar-refractivity contribution in [1.82, 2.24) is 0 Å². The molecule has 0 aliphatic heterocycles. The Bertz CT molecular complexity index is 713. The minimum atomic E-state index is -0.423.